The fourth-order valence-corrected chi connectivity index (χ4v) is 1.44. The van der Waals surface area contributed by atoms with Crippen molar-refractivity contribution in [1.29, 1.82) is 0 Å². The normalized spacial score (nSPS) is 20.4. The molecule has 0 aromatic carbocycles. The van der Waals surface area contributed by atoms with Crippen LogP contribution in [0, 0.1) is 0 Å². The summed E-state index contributed by atoms with van der Waals surface area (Å²) in [5.41, 5.74) is 0. The quantitative estimate of drug-likeness (QED) is 0.468. The number of nitrogens with zero attached hydrogens (tertiary/aromatic N) is 2. The average molecular weight is 174 g/mol. The Hall–Kier alpha value is -1.04. The minimum absolute atomic E-state index is 0.0936. The van der Waals surface area contributed by atoms with E-state index in [0.29, 0.717) is 10.8 Å². The zero-order valence-corrected chi connectivity index (χ0v) is 6.34. The van der Waals surface area contributed by atoms with Crippen LogP contribution in [-0.2, 0) is 4.79 Å². The van der Waals surface area contributed by atoms with Crippen molar-refractivity contribution in [2.45, 2.75) is 6.42 Å². The van der Waals surface area contributed by atoms with Gasteiger partial charge in [-0.25, -0.2) is 4.99 Å². The van der Waals surface area contributed by atoms with E-state index in [1.807, 2.05) is 0 Å². The molecular weight excluding hydrogens is 168 g/mol. The Balaban J connectivity index is 2.56. The standard InChI is InChI=1S/C5H6N2O3S/c8-5(9)1-4-6-3(7-10)2-11-4/h10H,1-2H2,(H,8,9). The van der Waals surface area contributed by atoms with Crippen LogP contribution >= 0.6 is 11.8 Å². The van der Waals surface area contributed by atoms with E-state index in [4.69, 9.17) is 10.3 Å². The van der Waals surface area contributed by atoms with E-state index in [-0.39, 0.29) is 12.3 Å². The van der Waals surface area contributed by atoms with E-state index in [9.17, 15) is 4.79 Å². The van der Waals surface area contributed by atoms with Gasteiger partial charge < -0.3 is 10.3 Å². The summed E-state index contributed by atoms with van der Waals surface area (Å²) >= 11 is 1.28. The number of carboxylic acid groups (broad SMARTS) is 1. The molecule has 1 aliphatic rings. The molecule has 1 heterocycles. The number of oxime groups is 1. The van der Waals surface area contributed by atoms with Gasteiger partial charge in [-0.3, -0.25) is 4.79 Å². The first kappa shape index (κ1) is 8.06. The van der Waals surface area contributed by atoms with Crippen LogP contribution < -0.4 is 0 Å². The van der Waals surface area contributed by atoms with Crippen molar-refractivity contribution in [2.24, 2.45) is 10.1 Å². The van der Waals surface area contributed by atoms with Gasteiger partial charge in [-0.1, -0.05) is 5.16 Å². The van der Waals surface area contributed by atoms with Crippen molar-refractivity contribution in [2.75, 3.05) is 5.75 Å². The highest BCUT2D eigenvalue weighted by molar-refractivity contribution is 8.15. The van der Waals surface area contributed by atoms with Gasteiger partial charge in [-0.2, -0.15) is 0 Å². The molecule has 0 radical (unpaired) electrons. The molecule has 0 amide bonds. The third kappa shape index (κ3) is 2.23. The first-order valence-corrected chi connectivity index (χ1v) is 3.84. The molecule has 60 valence electrons. The van der Waals surface area contributed by atoms with E-state index in [0.717, 1.165) is 0 Å². The fraction of sp³-hybridized carbons (Fsp3) is 0.400. The van der Waals surface area contributed by atoms with Crippen molar-refractivity contribution in [3.63, 3.8) is 0 Å². The summed E-state index contributed by atoms with van der Waals surface area (Å²) in [6.45, 7) is 0. The smallest absolute Gasteiger partial charge is 0.309 e. The molecule has 0 saturated carbocycles. The minimum atomic E-state index is -0.921. The second-order valence-corrected chi connectivity index (χ2v) is 2.93. The Morgan fingerprint density at radius 3 is 3.00 bits per heavy atom. The zero-order chi connectivity index (χ0) is 8.27. The van der Waals surface area contributed by atoms with Gasteiger partial charge in [-0.15, -0.1) is 11.8 Å². The van der Waals surface area contributed by atoms with Crippen LogP contribution in [0.25, 0.3) is 0 Å². The largest absolute Gasteiger partial charge is 0.481 e. The maximum Gasteiger partial charge on any atom is 0.309 e. The predicted molar refractivity (Wildman–Crippen MR) is 41.4 cm³/mol. The number of hydrogen-bond donors (Lipinski definition) is 2. The summed E-state index contributed by atoms with van der Waals surface area (Å²) in [5, 5.41) is 19.9. The lowest BCUT2D eigenvalue weighted by Gasteiger charge is -1.89. The SMILES string of the molecule is O=C(O)CC1=NC(=NO)CS1. The number of carbonyl (C=O) groups is 1. The van der Waals surface area contributed by atoms with Crippen molar-refractivity contribution in [1.82, 2.24) is 0 Å². The molecule has 0 bridgehead atoms. The molecule has 11 heavy (non-hydrogen) atoms. The second kappa shape index (κ2) is 3.38. The highest BCUT2D eigenvalue weighted by Crippen LogP contribution is 2.16. The Labute approximate surface area is 66.8 Å². The molecular formula is C5H6N2O3S. The number of amidine groups is 1. The van der Waals surface area contributed by atoms with E-state index < -0.39 is 5.97 Å². The van der Waals surface area contributed by atoms with E-state index in [1.54, 1.807) is 0 Å². The van der Waals surface area contributed by atoms with E-state index >= 15 is 0 Å². The summed E-state index contributed by atoms with van der Waals surface area (Å²) < 4.78 is 0. The van der Waals surface area contributed by atoms with Crippen LogP contribution in [0.5, 0.6) is 0 Å². The molecule has 0 fully saturated rings. The van der Waals surface area contributed by atoms with Crippen molar-refractivity contribution in [3.8, 4) is 0 Å². The van der Waals surface area contributed by atoms with Crippen molar-refractivity contribution < 1.29 is 15.1 Å². The Morgan fingerprint density at radius 2 is 2.55 bits per heavy atom. The van der Waals surface area contributed by atoms with Crippen LogP contribution in [-0.4, -0.2) is 32.9 Å². The number of carboxylic acids is 1. The summed E-state index contributed by atoms with van der Waals surface area (Å²) in [7, 11) is 0. The third-order valence-electron chi connectivity index (χ3n) is 1.04. The van der Waals surface area contributed by atoms with Gasteiger partial charge >= 0.3 is 5.97 Å². The summed E-state index contributed by atoms with van der Waals surface area (Å²) in [6.07, 6.45) is -0.0936. The number of aliphatic imine (C=N–C) groups is 1. The van der Waals surface area contributed by atoms with Gasteiger partial charge in [0.05, 0.1) is 17.2 Å². The number of aliphatic carboxylic acids is 1. The molecule has 0 aromatic rings. The Morgan fingerprint density at radius 1 is 1.82 bits per heavy atom. The predicted octanol–water partition coefficient (Wildman–Crippen LogP) is 0.394. The first-order chi connectivity index (χ1) is 5.22. The molecule has 5 nitrogen and oxygen atoms in total. The molecule has 0 aliphatic carbocycles. The van der Waals surface area contributed by atoms with Gasteiger partial charge in [0.15, 0.2) is 5.84 Å². The van der Waals surface area contributed by atoms with Gasteiger partial charge in [-0.05, 0) is 0 Å². The van der Waals surface area contributed by atoms with Crippen LogP contribution in [0.4, 0.5) is 0 Å². The van der Waals surface area contributed by atoms with Gasteiger partial charge in [0, 0.05) is 0 Å². The van der Waals surface area contributed by atoms with E-state index in [1.165, 1.54) is 11.8 Å². The molecule has 0 saturated heterocycles. The second-order valence-electron chi connectivity index (χ2n) is 1.88. The zero-order valence-electron chi connectivity index (χ0n) is 5.52. The van der Waals surface area contributed by atoms with Crippen LogP contribution in [0.3, 0.4) is 0 Å². The van der Waals surface area contributed by atoms with Crippen LogP contribution in [0.15, 0.2) is 10.1 Å². The highest BCUT2D eigenvalue weighted by Gasteiger charge is 2.15. The highest BCUT2D eigenvalue weighted by atomic mass is 32.2. The van der Waals surface area contributed by atoms with Gasteiger partial charge in [0.1, 0.15) is 0 Å². The molecule has 1 rings (SSSR count). The van der Waals surface area contributed by atoms with Gasteiger partial charge in [0.2, 0.25) is 0 Å². The first-order valence-electron chi connectivity index (χ1n) is 2.85. The lowest BCUT2D eigenvalue weighted by molar-refractivity contribution is -0.135. The number of hydrogen-bond acceptors (Lipinski definition) is 4. The monoisotopic (exact) mass is 174 g/mol. The van der Waals surface area contributed by atoms with Crippen LogP contribution in [0.1, 0.15) is 6.42 Å². The molecule has 1 aliphatic heterocycles. The molecule has 0 unspecified atom stereocenters. The lowest BCUT2D eigenvalue weighted by Crippen LogP contribution is -2.00. The maximum absolute atomic E-state index is 10.2. The topological polar surface area (TPSA) is 82.2 Å². The number of rotatable bonds is 2. The third-order valence-corrected chi connectivity index (χ3v) is 2.01. The molecule has 0 spiro atoms. The lowest BCUT2D eigenvalue weighted by atomic mass is 10.5. The molecule has 0 aromatic heterocycles. The Kier molecular flexibility index (Phi) is 2.48. The summed E-state index contributed by atoms with van der Waals surface area (Å²) in [6, 6.07) is 0. The molecule has 0 atom stereocenters. The number of thioether (sulfide) groups is 1. The fourth-order valence-electron chi connectivity index (χ4n) is 0.628. The van der Waals surface area contributed by atoms with E-state index in [2.05, 4.69) is 10.1 Å². The maximum atomic E-state index is 10.2. The summed E-state index contributed by atoms with van der Waals surface area (Å²) in [5.74, 6) is -0.180. The Bertz CT molecular complexity index is 236. The molecule has 6 heteroatoms. The van der Waals surface area contributed by atoms with Crippen molar-refractivity contribution >= 4 is 28.6 Å². The van der Waals surface area contributed by atoms with Crippen LogP contribution in [0.2, 0.25) is 0 Å². The minimum Gasteiger partial charge on any atom is -0.481 e. The molecule has 2 N–H and O–H groups in total. The average Bonchev–Trinajstić information content (AvgIpc) is 2.34. The van der Waals surface area contributed by atoms with Crippen molar-refractivity contribution in [3.05, 3.63) is 0 Å². The van der Waals surface area contributed by atoms with Gasteiger partial charge in [0.25, 0.3) is 0 Å². The summed E-state index contributed by atoms with van der Waals surface area (Å²) in [4.78, 5) is 13.9.